The molecule has 0 fully saturated rings. The van der Waals surface area contributed by atoms with Gasteiger partial charge in [0.25, 0.3) is 0 Å². The maximum absolute atomic E-state index is 5.44. The van der Waals surface area contributed by atoms with Gasteiger partial charge in [0.15, 0.2) is 17.2 Å². The molecule has 0 saturated heterocycles. The number of imidazole rings is 1. The van der Waals surface area contributed by atoms with E-state index in [2.05, 4.69) is 15.3 Å². The zero-order valence-corrected chi connectivity index (χ0v) is 11.1. The highest BCUT2D eigenvalue weighted by molar-refractivity contribution is 5.72. The number of rotatable bonds is 3. The van der Waals surface area contributed by atoms with Crippen LogP contribution < -0.4 is 5.32 Å². The quantitative estimate of drug-likeness (QED) is 0.619. The van der Waals surface area contributed by atoms with Gasteiger partial charge in [0.2, 0.25) is 0 Å². The summed E-state index contributed by atoms with van der Waals surface area (Å²) in [6, 6.07) is 13.7. The topological polar surface area (TPSA) is 55.4 Å². The van der Waals surface area contributed by atoms with E-state index in [0.29, 0.717) is 5.82 Å². The van der Waals surface area contributed by atoms with E-state index >= 15 is 0 Å². The molecule has 1 aromatic carbocycles. The first-order chi connectivity index (χ1) is 10.4. The normalized spacial score (nSPS) is 10.9. The van der Waals surface area contributed by atoms with Crippen LogP contribution in [-0.2, 0) is 0 Å². The average Bonchev–Trinajstić information content (AvgIpc) is 3.17. The van der Waals surface area contributed by atoms with Crippen LogP contribution in [0.4, 0.5) is 11.5 Å². The first-order valence-electron chi connectivity index (χ1n) is 6.60. The molecule has 0 unspecified atom stereocenters. The van der Waals surface area contributed by atoms with Crippen molar-refractivity contribution in [2.24, 2.45) is 0 Å². The number of nitrogens with one attached hydrogen (secondary N) is 1. The van der Waals surface area contributed by atoms with Crippen molar-refractivity contribution in [2.75, 3.05) is 5.32 Å². The molecule has 0 bridgehead atoms. The van der Waals surface area contributed by atoms with E-state index in [9.17, 15) is 0 Å². The van der Waals surface area contributed by atoms with Crippen LogP contribution >= 0.6 is 0 Å². The summed E-state index contributed by atoms with van der Waals surface area (Å²) in [5, 5.41) is 3.28. The molecule has 1 N–H and O–H groups in total. The van der Waals surface area contributed by atoms with Crippen LogP contribution in [0, 0.1) is 0 Å². The molecular weight excluding hydrogens is 264 g/mol. The summed E-state index contributed by atoms with van der Waals surface area (Å²) in [4.78, 5) is 8.82. The first kappa shape index (κ1) is 11.7. The van der Waals surface area contributed by atoms with Crippen LogP contribution in [0.2, 0.25) is 0 Å². The summed E-state index contributed by atoms with van der Waals surface area (Å²) in [6.07, 6.45) is 7.05. The molecular formula is C16H12N4O. The van der Waals surface area contributed by atoms with Crippen molar-refractivity contribution < 1.29 is 4.42 Å². The minimum absolute atomic E-state index is 0.710. The Kier molecular flexibility index (Phi) is 2.67. The average molecular weight is 276 g/mol. The number of furan rings is 1. The van der Waals surface area contributed by atoms with E-state index in [4.69, 9.17) is 4.42 Å². The van der Waals surface area contributed by atoms with Crippen LogP contribution in [0.5, 0.6) is 0 Å². The Labute approximate surface area is 120 Å². The van der Waals surface area contributed by atoms with Crippen LogP contribution in [0.1, 0.15) is 0 Å². The first-order valence-corrected chi connectivity index (χ1v) is 6.60. The van der Waals surface area contributed by atoms with Crippen LogP contribution in [0.3, 0.4) is 0 Å². The predicted molar refractivity (Wildman–Crippen MR) is 80.4 cm³/mol. The zero-order chi connectivity index (χ0) is 14.1. The number of nitrogens with zero attached hydrogens (tertiary/aromatic N) is 3. The molecule has 0 aliphatic carbocycles. The largest absolute Gasteiger partial charge is 0.463 e. The minimum atomic E-state index is 0.710. The van der Waals surface area contributed by atoms with E-state index in [-0.39, 0.29) is 0 Å². The van der Waals surface area contributed by atoms with Crippen molar-refractivity contribution >= 4 is 17.2 Å². The van der Waals surface area contributed by atoms with Gasteiger partial charge in [-0.1, -0.05) is 18.2 Å². The molecule has 0 spiro atoms. The second-order valence-electron chi connectivity index (χ2n) is 4.58. The van der Waals surface area contributed by atoms with Crippen molar-refractivity contribution in [3.63, 3.8) is 0 Å². The van der Waals surface area contributed by atoms with Gasteiger partial charge in [-0.15, -0.1) is 0 Å². The fraction of sp³-hybridized carbons (Fsp3) is 0. The fourth-order valence-corrected chi connectivity index (χ4v) is 2.27. The molecule has 3 heterocycles. The number of benzene rings is 1. The minimum Gasteiger partial charge on any atom is -0.463 e. The van der Waals surface area contributed by atoms with Gasteiger partial charge < -0.3 is 9.73 Å². The van der Waals surface area contributed by atoms with Gasteiger partial charge in [0, 0.05) is 18.1 Å². The third kappa shape index (κ3) is 2.04. The number of para-hydroxylation sites is 1. The van der Waals surface area contributed by atoms with Gasteiger partial charge >= 0.3 is 0 Å². The highest BCUT2D eigenvalue weighted by atomic mass is 16.3. The zero-order valence-electron chi connectivity index (χ0n) is 11.1. The van der Waals surface area contributed by atoms with Gasteiger partial charge in [0.05, 0.1) is 12.5 Å². The molecule has 4 rings (SSSR count). The van der Waals surface area contributed by atoms with Crippen molar-refractivity contribution in [3.05, 3.63) is 67.3 Å². The Bertz CT molecular complexity index is 866. The lowest BCUT2D eigenvalue weighted by Crippen LogP contribution is -1.98. The van der Waals surface area contributed by atoms with Crippen molar-refractivity contribution in [2.45, 2.75) is 0 Å². The number of hydrogen-bond acceptors (Lipinski definition) is 4. The molecule has 0 atom stereocenters. The Balaban J connectivity index is 1.81. The summed E-state index contributed by atoms with van der Waals surface area (Å²) >= 11 is 0. The van der Waals surface area contributed by atoms with Gasteiger partial charge in [-0.05, 0) is 24.3 Å². The molecule has 0 aliphatic rings. The van der Waals surface area contributed by atoms with Crippen LogP contribution in [0.25, 0.3) is 17.1 Å². The summed E-state index contributed by atoms with van der Waals surface area (Å²) in [7, 11) is 0. The van der Waals surface area contributed by atoms with E-state index in [1.54, 1.807) is 18.7 Å². The SMILES string of the molecule is c1ccc(Nc2nccn3c(-c4ccco4)cnc23)cc1. The molecule has 0 aliphatic heterocycles. The summed E-state index contributed by atoms with van der Waals surface area (Å²) in [5.74, 6) is 1.49. The van der Waals surface area contributed by atoms with Gasteiger partial charge in [-0.2, -0.15) is 0 Å². The van der Waals surface area contributed by atoms with Crippen molar-refractivity contribution in [1.29, 1.82) is 0 Å². The van der Waals surface area contributed by atoms with Gasteiger partial charge in [0.1, 0.15) is 5.69 Å². The summed E-state index contributed by atoms with van der Waals surface area (Å²) < 4.78 is 7.40. The Morgan fingerprint density at radius 1 is 1.00 bits per heavy atom. The van der Waals surface area contributed by atoms with E-state index in [1.165, 1.54) is 0 Å². The monoisotopic (exact) mass is 276 g/mol. The van der Waals surface area contributed by atoms with E-state index < -0.39 is 0 Å². The lowest BCUT2D eigenvalue weighted by Gasteiger charge is -2.06. The fourth-order valence-electron chi connectivity index (χ4n) is 2.27. The highest BCUT2D eigenvalue weighted by Crippen LogP contribution is 2.25. The third-order valence-electron chi connectivity index (χ3n) is 3.24. The van der Waals surface area contributed by atoms with Gasteiger partial charge in [-0.3, -0.25) is 4.40 Å². The molecule has 0 saturated carbocycles. The third-order valence-corrected chi connectivity index (χ3v) is 3.24. The lowest BCUT2D eigenvalue weighted by atomic mass is 10.3. The predicted octanol–water partition coefficient (Wildman–Crippen LogP) is 3.73. The Morgan fingerprint density at radius 2 is 1.90 bits per heavy atom. The number of hydrogen-bond donors (Lipinski definition) is 1. The summed E-state index contributed by atoms with van der Waals surface area (Å²) in [6.45, 7) is 0. The van der Waals surface area contributed by atoms with Crippen LogP contribution in [0.15, 0.2) is 71.7 Å². The van der Waals surface area contributed by atoms with Crippen molar-refractivity contribution in [3.8, 4) is 11.5 Å². The molecule has 0 radical (unpaired) electrons. The standard InChI is InChI=1S/C16H12N4O/c1-2-5-12(6-3-1)19-15-16-18-11-13(14-7-4-10-21-14)20(16)9-8-17-15/h1-11H,(H,17,19). The smallest absolute Gasteiger partial charge is 0.181 e. The Morgan fingerprint density at radius 3 is 2.71 bits per heavy atom. The molecule has 3 aromatic heterocycles. The maximum Gasteiger partial charge on any atom is 0.181 e. The molecule has 5 nitrogen and oxygen atoms in total. The number of fused-ring (bicyclic) bond motifs is 1. The van der Waals surface area contributed by atoms with Crippen LogP contribution in [-0.4, -0.2) is 14.4 Å². The van der Waals surface area contributed by atoms with Gasteiger partial charge in [-0.25, -0.2) is 9.97 Å². The number of aromatic nitrogens is 3. The lowest BCUT2D eigenvalue weighted by molar-refractivity contribution is 0.579. The molecule has 5 heteroatoms. The molecule has 102 valence electrons. The molecule has 21 heavy (non-hydrogen) atoms. The Hall–Kier alpha value is -3.08. The molecule has 4 aromatic rings. The van der Waals surface area contributed by atoms with Crippen molar-refractivity contribution in [1.82, 2.24) is 14.4 Å². The van der Waals surface area contributed by atoms with E-state index in [1.807, 2.05) is 53.1 Å². The van der Waals surface area contributed by atoms with E-state index in [0.717, 1.165) is 22.8 Å². The molecule has 0 amide bonds. The highest BCUT2D eigenvalue weighted by Gasteiger charge is 2.11. The maximum atomic E-state index is 5.44. The second kappa shape index (κ2) is 4.79. The number of anilines is 2. The second-order valence-corrected chi connectivity index (χ2v) is 4.58. The summed E-state index contributed by atoms with van der Waals surface area (Å²) in [5.41, 5.74) is 2.63.